The van der Waals surface area contributed by atoms with Gasteiger partial charge in [-0.1, -0.05) is 0 Å². The van der Waals surface area contributed by atoms with Crippen molar-refractivity contribution in [3.8, 4) is 16.9 Å². The van der Waals surface area contributed by atoms with Crippen LogP contribution in [0.1, 0.15) is 0 Å². The standard InChI is InChI=1S/C12H10N4S/c13-9-1-2-12(16-4-3-14-7-16)10(5-9)11-6-17-8-15-11/h1-8H,13H2. The molecule has 2 heterocycles. The lowest BCUT2D eigenvalue weighted by atomic mass is 10.1. The fourth-order valence-electron chi connectivity index (χ4n) is 1.73. The second-order valence-corrected chi connectivity index (χ2v) is 4.34. The summed E-state index contributed by atoms with van der Waals surface area (Å²) in [6, 6.07) is 5.79. The molecule has 2 N–H and O–H groups in total. The maximum Gasteiger partial charge on any atom is 0.0991 e. The zero-order chi connectivity index (χ0) is 11.7. The minimum atomic E-state index is 0.733. The Hall–Kier alpha value is -2.14. The fraction of sp³-hybridized carbons (Fsp3) is 0. The normalized spacial score (nSPS) is 10.6. The highest BCUT2D eigenvalue weighted by atomic mass is 32.1. The quantitative estimate of drug-likeness (QED) is 0.703. The average molecular weight is 242 g/mol. The van der Waals surface area contributed by atoms with Crippen molar-refractivity contribution in [1.29, 1.82) is 0 Å². The van der Waals surface area contributed by atoms with E-state index in [0.29, 0.717) is 0 Å². The first-order chi connectivity index (χ1) is 8.34. The lowest BCUT2D eigenvalue weighted by molar-refractivity contribution is 1.06. The zero-order valence-electron chi connectivity index (χ0n) is 8.95. The van der Waals surface area contributed by atoms with Crippen LogP contribution >= 0.6 is 11.3 Å². The molecule has 0 aliphatic rings. The summed E-state index contributed by atoms with van der Waals surface area (Å²) in [5.74, 6) is 0. The Balaban J connectivity index is 2.22. The molecular weight excluding hydrogens is 232 g/mol. The van der Waals surface area contributed by atoms with Crippen LogP contribution in [-0.4, -0.2) is 14.5 Å². The molecule has 1 aromatic carbocycles. The maximum atomic E-state index is 5.84. The molecule has 4 nitrogen and oxygen atoms in total. The highest BCUT2D eigenvalue weighted by Gasteiger charge is 2.08. The van der Waals surface area contributed by atoms with E-state index in [1.807, 2.05) is 39.9 Å². The average Bonchev–Trinajstić information content (AvgIpc) is 3.02. The largest absolute Gasteiger partial charge is 0.399 e. The molecule has 0 spiro atoms. The molecule has 0 amide bonds. The molecule has 0 fully saturated rings. The minimum Gasteiger partial charge on any atom is -0.399 e. The van der Waals surface area contributed by atoms with Crippen LogP contribution in [0.2, 0.25) is 0 Å². The number of imidazole rings is 1. The molecule has 0 atom stereocenters. The molecule has 0 unspecified atom stereocenters. The van der Waals surface area contributed by atoms with Gasteiger partial charge in [-0.25, -0.2) is 9.97 Å². The van der Waals surface area contributed by atoms with Gasteiger partial charge in [-0.2, -0.15) is 0 Å². The van der Waals surface area contributed by atoms with Gasteiger partial charge in [0.15, 0.2) is 0 Å². The van der Waals surface area contributed by atoms with E-state index in [-0.39, 0.29) is 0 Å². The van der Waals surface area contributed by atoms with E-state index in [9.17, 15) is 0 Å². The Kier molecular flexibility index (Phi) is 2.38. The minimum absolute atomic E-state index is 0.733. The topological polar surface area (TPSA) is 56.7 Å². The number of hydrogen-bond donors (Lipinski definition) is 1. The number of anilines is 1. The van der Waals surface area contributed by atoms with Crippen molar-refractivity contribution < 1.29 is 0 Å². The number of benzene rings is 1. The molecule has 2 aromatic heterocycles. The van der Waals surface area contributed by atoms with Gasteiger partial charge in [0.2, 0.25) is 0 Å². The lowest BCUT2D eigenvalue weighted by Crippen LogP contribution is -1.96. The lowest BCUT2D eigenvalue weighted by Gasteiger charge is -2.09. The third-order valence-corrected chi connectivity index (χ3v) is 3.10. The van der Waals surface area contributed by atoms with E-state index in [4.69, 9.17) is 5.73 Å². The van der Waals surface area contributed by atoms with Crippen molar-refractivity contribution in [2.45, 2.75) is 0 Å². The monoisotopic (exact) mass is 242 g/mol. The number of hydrogen-bond acceptors (Lipinski definition) is 4. The summed E-state index contributed by atoms with van der Waals surface area (Å²) in [5.41, 5.74) is 11.4. The van der Waals surface area contributed by atoms with Crippen LogP contribution in [0.3, 0.4) is 0 Å². The van der Waals surface area contributed by atoms with Gasteiger partial charge in [0, 0.05) is 29.0 Å². The van der Waals surface area contributed by atoms with Crippen LogP contribution in [0.5, 0.6) is 0 Å². The predicted molar refractivity (Wildman–Crippen MR) is 69.1 cm³/mol. The number of thiazole rings is 1. The van der Waals surface area contributed by atoms with Crippen molar-refractivity contribution in [2.75, 3.05) is 5.73 Å². The Labute approximate surface area is 102 Å². The van der Waals surface area contributed by atoms with Crippen LogP contribution < -0.4 is 5.73 Å². The Morgan fingerprint density at radius 2 is 2.24 bits per heavy atom. The van der Waals surface area contributed by atoms with E-state index in [0.717, 1.165) is 22.6 Å². The summed E-state index contributed by atoms with van der Waals surface area (Å²) in [6.07, 6.45) is 5.42. The zero-order valence-corrected chi connectivity index (χ0v) is 9.76. The van der Waals surface area contributed by atoms with Gasteiger partial charge in [-0.05, 0) is 18.2 Å². The summed E-state index contributed by atoms with van der Waals surface area (Å²) in [6.45, 7) is 0. The number of nitrogens with zero attached hydrogens (tertiary/aromatic N) is 3. The SMILES string of the molecule is Nc1ccc(-n2ccnc2)c(-c2cscn2)c1. The van der Waals surface area contributed by atoms with Crippen LogP contribution in [0.4, 0.5) is 5.69 Å². The van der Waals surface area contributed by atoms with Crippen molar-refractivity contribution in [2.24, 2.45) is 0 Å². The fourth-order valence-corrected chi connectivity index (χ4v) is 2.28. The van der Waals surface area contributed by atoms with Crippen LogP contribution in [0, 0.1) is 0 Å². The first-order valence-electron chi connectivity index (χ1n) is 5.11. The Bertz CT molecular complexity index is 614. The predicted octanol–water partition coefficient (Wildman–Crippen LogP) is 2.58. The van der Waals surface area contributed by atoms with E-state index < -0.39 is 0 Å². The second kappa shape index (κ2) is 4.03. The molecule has 0 saturated heterocycles. The highest BCUT2D eigenvalue weighted by molar-refractivity contribution is 7.07. The van der Waals surface area contributed by atoms with E-state index in [2.05, 4.69) is 9.97 Å². The summed E-state index contributed by atoms with van der Waals surface area (Å²) in [4.78, 5) is 8.38. The van der Waals surface area contributed by atoms with Crippen LogP contribution in [-0.2, 0) is 0 Å². The molecular formula is C12H10N4S. The molecule has 0 radical (unpaired) electrons. The van der Waals surface area contributed by atoms with E-state index in [1.165, 1.54) is 0 Å². The molecule has 0 aliphatic carbocycles. The number of aromatic nitrogens is 3. The summed E-state index contributed by atoms with van der Waals surface area (Å²) >= 11 is 1.57. The molecule has 17 heavy (non-hydrogen) atoms. The smallest absolute Gasteiger partial charge is 0.0991 e. The summed E-state index contributed by atoms with van der Waals surface area (Å²) < 4.78 is 1.95. The van der Waals surface area contributed by atoms with Gasteiger partial charge >= 0.3 is 0 Å². The van der Waals surface area contributed by atoms with Gasteiger partial charge in [0.05, 0.1) is 23.2 Å². The van der Waals surface area contributed by atoms with E-state index >= 15 is 0 Å². The first kappa shape index (κ1) is 10.0. The number of nitrogen functional groups attached to an aromatic ring is 1. The first-order valence-corrected chi connectivity index (χ1v) is 6.05. The molecule has 0 saturated carbocycles. The molecule has 0 bridgehead atoms. The third kappa shape index (κ3) is 1.81. The summed E-state index contributed by atoms with van der Waals surface area (Å²) in [7, 11) is 0. The van der Waals surface area contributed by atoms with Crippen LogP contribution in [0.15, 0.2) is 47.8 Å². The maximum absolute atomic E-state index is 5.84. The summed E-state index contributed by atoms with van der Waals surface area (Å²) in [5, 5.41) is 2.01. The highest BCUT2D eigenvalue weighted by Crippen LogP contribution is 2.28. The van der Waals surface area contributed by atoms with Gasteiger partial charge in [-0.3, -0.25) is 0 Å². The van der Waals surface area contributed by atoms with Gasteiger partial charge in [0.1, 0.15) is 0 Å². The van der Waals surface area contributed by atoms with Gasteiger partial charge in [-0.15, -0.1) is 11.3 Å². The second-order valence-electron chi connectivity index (χ2n) is 3.62. The van der Waals surface area contributed by atoms with Crippen molar-refractivity contribution in [3.05, 3.63) is 47.8 Å². The van der Waals surface area contributed by atoms with E-state index in [1.54, 1.807) is 23.9 Å². The van der Waals surface area contributed by atoms with Crippen molar-refractivity contribution in [1.82, 2.24) is 14.5 Å². The van der Waals surface area contributed by atoms with Gasteiger partial charge < -0.3 is 10.3 Å². The van der Waals surface area contributed by atoms with Crippen LogP contribution in [0.25, 0.3) is 16.9 Å². The third-order valence-electron chi connectivity index (χ3n) is 2.51. The Morgan fingerprint density at radius 1 is 1.29 bits per heavy atom. The number of rotatable bonds is 2. The molecule has 5 heteroatoms. The van der Waals surface area contributed by atoms with Crippen molar-refractivity contribution in [3.63, 3.8) is 0 Å². The molecule has 0 aliphatic heterocycles. The molecule has 3 aromatic rings. The van der Waals surface area contributed by atoms with Gasteiger partial charge in [0.25, 0.3) is 0 Å². The molecule has 3 rings (SSSR count). The number of nitrogens with two attached hydrogens (primary N) is 1. The van der Waals surface area contributed by atoms with Crippen molar-refractivity contribution >= 4 is 17.0 Å². The Morgan fingerprint density at radius 3 is 2.94 bits per heavy atom. The molecule has 84 valence electrons.